The minimum Gasteiger partial charge on any atom is -0.394 e. The third-order valence-corrected chi connectivity index (χ3v) is 7.84. The average molecular weight is 462 g/mol. The SMILES string of the molecule is O=C1CC(C2CCC(O)C(O)C2)OC2C1C(O)CC(O)C2C1OC(CO)C(O)C(O)C1O. The molecule has 11 heteroatoms. The van der Waals surface area contributed by atoms with Gasteiger partial charge in [0.25, 0.3) is 0 Å². The molecule has 8 N–H and O–H groups in total. The number of hydrogen-bond donors (Lipinski definition) is 8. The summed E-state index contributed by atoms with van der Waals surface area (Å²) in [5.41, 5.74) is 0. The maximum atomic E-state index is 13.0. The summed E-state index contributed by atoms with van der Waals surface area (Å²) in [4.78, 5) is 13.0. The maximum absolute atomic E-state index is 13.0. The highest BCUT2D eigenvalue weighted by atomic mass is 16.6. The van der Waals surface area contributed by atoms with E-state index in [1.807, 2.05) is 0 Å². The first kappa shape index (κ1) is 24.4. The highest BCUT2D eigenvalue weighted by Gasteiger charge is 2.58. The van der Waals surface area contributed by atoms with Gasteiger partial charge in [-0.25, -0.2) is 0 Å². The first-order valence-corrected chi connectivity index (χ1v) is 11.3. The van der Waals surface area contributed by atoms with Crippen molar-refractivity contribution in [2.75, 3.05) is 6.61 Å². The topological polar surface area (TPSA) is 197 Å². The van der Waals surface area contributed by atoms with E-state index >= 15 is 0 Å². The Bertz CT molecular complexity index is 674. The number of ketones is 1. The number of carbonyl (C=O) groups is 1. The van der Waals surface area contributed by atoms with E-state index in [-0.39, 0.29) is 31.0 Å². The van der Waals surface area contributed by atoms with Crippen LogP contribution in [0.4, 0.5) is 0 Å². The Morgan fingerprint density at radius 2 is 1.47 bits per heavy atom. The van der Waals surface area contributed by atoms with Crippen molar-refractivity contribution in [3.8, 4) is 0 Å². The van der Waals surface area contributed by atoms with E-state index < -0.39 is 85.6 Å². The van der Waals surface area contributed by atoms with Crippen LogP contribution in [0.3, 0.4) is 0 Å². The summed E-state index contributed by atoms with van der Waals surface area (Å²) in [6.45, 7) is -0.633. The van der Waals surface area contributed by atoms with E-state index in [1.165, 1.54) is 0 Å². The lowest BCUT2D eigenvalue weighted by atomic mass is 9.66. The molecule has 0 amide bonds. The number of aliphatic hydroxyl groups is 8. The third kappa shape index (κ3) is 4.24. The molecule has 0 bridgehead atoms. The molecule has 4 rings (SSSR count). The highest BCUT2D eigenvalue weighted by Crippen LogP contribution is 2.45. The lowest BCUT2D eigenvalue weighted by molar-refractivity contribution is -0.279. The van der Waals surface area contributed by atoms with Gasteiger partial charge in [-0.3, -0.25) is 4.79 Å². The molecular weight excluding hydrogens is 428 g/mol. The van der Waals surface area contributed by atoms with Crippen LogP contribution in [0.5, 0.6) is 0 Å². The molecule has 14 atom stereocenters. The van der Waals surface area contributed by atoms with Crippen molar-refractivity contribution in [1.29, 1.82) is 0 Å². The average Bonchev–Trinajstić information content (AvgIpc) is 2.74. The number of aliphatic hydroxyl groups excluding tert-OH is 8. The summed E-state index contributed by atoms with van der Waals surface area (Å²) in [6, 6.07) is 0. The minimum absolute atomic E-state index is 0.0171. The molecular formula is C21H34O11. The van der Waals surface area contributed by atoms with Gasteiger partial charge in [-0.05, 0) is 25.2 Å². The van der Waals surface area contributed by atoms with Crippen molar-refractivity contribution < 1.29 is 55.1 Å². The van der Waals surface area contributed by atoms with Gasteiger partial charge in [0.1, 0.15) is 30.2 Å². The fourth-order valence-corrected chi connectivity index (χ4v) is 6.02. The molecule has 32 heavy (non-hydrogen) atoms. The van der Waals surface area contributed by atoms with Gasteiger partial charge in [-0.2, -0.15) is 0 Å². The molecule has 2 aliphatic heterocycles. The molecule has 2 saturated carbocycles. The molecule has 11 nitrogen and oxygen atoms in total. The Hall–Kier alpha value is -0.730. The van der Waals surface area contributed by atoms with Crippen molar-refractivity contribution in [3.63, 3.8) is 0 Å². The van der Waals surface area contributed by atoms with Gasteiger partial charge in [-0.15, -0.1) is 0 Å². The predicted molar refractivity (Wildman–Crippen MR) is 105 cm³/mol. The van der Waals surface area contributed by atoms with Crippen LogP contribution in [0.2, 0.25) is 0 Å². The number of rotatable bonds is 3. The van der Waals surface area contributed by atoms with Gasteiger partial charge in [0.2, 0.25) is 0 Å². The van der Waals surface area contributed by atoms with E-state index in [9.17, 15) is 45.6 Å². The Labute approximate surface area is 185 Å². The van der Waals surface area contributed by atoms with E-state index in [2.05, 4.69) is 0 Å². The van der Waals surface area contributed by atoms with Gasteiger partial charge in [0, 0.05) is 18.8 Å². The molecule has 2 aliphatic carbocycles. The number of Topliss-reactive ketones (excluding diaryl/α,β-unsaturated/α-hetero) is 1. The highest BCUT2D eigenvalue weighted by molar-refractivity contribution is 5.83. The monoisotopic (exact) mass is 462 g/mol. The molecule has 0 aromatic rings. The summed E-state index contributed by atoms with van der Waals surface area (Å²) in [5, 5.41) is 81.6. The molecule has 0 aromatic heterocycles. The molecule has 4 fully saturated rings. The zero-order valence-electron chi connectivity index (χ0n) is 17.6. The Kier molecular flexibility index (Phi) is 7.24. The van der Waals surface area contributed by atoms with Crippen LogP contribution in [0.25, 0.3) is 0 Å². The summed E-state index contributed by atoms with van der Waals surface area (Å²) in [6.07, 6.45) is -12.1. The summed E-state index contributed by atoms with van der Waals surface area (Å²) < 4.78 is 11.9. The van der Waals surface area contributed by atoms with Gasteiger partial charge >= 0.3 is 0 Å². The van der Waals surface area contributed by atoms with E-state index in [0.29, 0.717) is 12.8 Å². The normalized spacial score (nSPS) is 54.8. The van der Waals surface area contributed by atoms with E-state index in [1.54, 1.807) is 0 Å². The van der Waals surface area contributed by atoms with Crippen LogP contribution in [-0.2, 0) is 14.3 Å². The third-order valence-electron chi connectivity index (χ3n) is 7.84. The molecule has 0 aromatic carbocycles. The first-order chi connectivity index (χ1) is 15.1. The minimum atomic E-state index is -1.64. The molecule has 184 valence electrons. The summed E-state index contributed by atoms with van der Waals surface area (Å²) in [5.74, 6) is -2.46. The zero-order chi connectivity index (χ0) is 23.3. The van der Waals surface area contributed by atoms with Crippen LogP contribution in [0.1, 0.15) is 32.1 Å². The van der Waals surface area contributed by atoms with Crippen molar-refractivity contribution in [2.24, 2.45) is 17.8 Å². The van der Waals surface area contributed by atoms with Gasteiger partial charge < -0.3 is 50.3 Å². The van der Waals surface area contributed by atoms with Crippen LogP contribution in [0, 0.1) is 17.8 Å². The Balaban J connectivity index is 1.60. The molecule has 4 aliphatic rings. The number of hydrogen-bond acceptors (Lipinski definition) is 11. The lowest BCUT2D eigenvalue weighted by Gasteiger charge is -2.53. The van der Waals surface area contributed by atoms with E-state index in [4.69, 9.17) is 9.47 Å². The second-order valence-corrected chi connectivity index (χ2v) is 9.78. The van der Waals surface area contributed by atoms with Crippen molar-refractivity contribution in [1.82, 2.24) is 0 Å². The van der Waals surface area contributed by atoms with Crippen LogP contribution < -0.4 is 0 Å². The number of fused-ring (bicyclic) bond motifs is 1. The lowest BCUT2D eigenvalue weighted by Crippen LogP contribution is -2.67. The standard InChI is InChI=1S/C21H34O11/c22-6-14-17(28)18(29)19(30)21(32-14)16-11(26)4-10(25)15-12(27)5-13(31-20(15)16)7-1-2-8(23)9(24)3-7/h7-11,13-26,28-30H,1-6H2. The first-order valence-electron chi connectivity index (χ1n) is 11.3. The van der Waals surface area contributed by atoms with Crippen molar-refractivity contribution in [2.45, 2.75) is 99.2 Å². The van der Waals surface area contributed by atoms with Gasteiger partial charge in [-0.1, -0.05) is 0 Å². The van der Waals surface area contributed by atoms with Crippen LogP contribution in [-0.4, -0.2) is 120 Å². The van der Waals surface area contributed by atoms with E-state index in [0.717, 1.165) is 0 Å². The Morgan fingerprint density at radius 1 is 0.750 bits per heavy atom. The molecule has 0 radical (unpaired) electrons. The van der Waals surface area contributed by atoms with Gasteiger partial charge in [0.15, 0.2) is 0 Å². The van der Waals surface area contributed by atoms with Crippen molar-refractivity contribution in [3.05, 3.63) is 0 Å². The van der Waals surface area contributed by atoms with Gasteiger partial charge in [0.05, 0.1) is 55.3 Å². The van der Waals surface area contributed by atoms with Crippen molar-refractivity contribution >= 4 is 5.78 Å². The Morgan fingerprint density at radius 3 is 2.12 bits per heavy atom. The number of ether oxygens (including phenoxy) is 2. The summed E-state index contributed by atoms with van der Waals surface area (Å²) in [7, 11) is 0. The fourth-order valence-electron chi connectivity index (χ4n) is 6.02. The predicted octanol–water partition coefficient (Wildman–Crippen LogP) is -3.56. The summed E-state index contributed by atoms with van der Waals surface area (Å²) >= 11 is 0. The quantitative estimate of drug-likeness (QED) is 0.206. The van der Waals surface area contributed by atoms with Crippen LogP contribution >= 0.6 is 0 Å². The largest absolute Gasteiger partial charge is 0.394 e. The second kappa shape index (κ2) is 9.49. The maximum Gasteiger partial charge on any atom is 0.143 e. The number of carbonyl (C=O) groups excluding carboxylic acids is 1. The second-order valence-electron chi connectivity index (χ2n) is 9.78. The molecule has 2 saturated heterocycles. The zero-order valence-corrected chi connectivity index (χ0v) is 17.6. The molecule has 14 unspecified atom stereocenters. The molecule has 2 heterocycles. The smallest absolute Gasteiger partial charge is 0.143 e. The molecule has 0 spiro atoms. The fraction of sp³-hybridized carbons (Fsp3) is 0.952. The van der Waals surface area contributed by atoms with Crippen LogP contribution in [0.15, 0.2) is 0 Å².